The van der Waals surface area contributed by atoms with Gasteiger partial charge >= 0.3 is 6.18 Å². The number of benzene rings is 3. The van der Waals surface area contributed by atoms with E-state index in [0.717, 1.165) is 33.5 Å². The molecular weight excluding hydrogens is 345 g/mol. The van der Waals surface area contributed by atoms with Crippen LogP contribution >= 0.6 is 11.3 Å². The lowest BCUT2D eigenvalue weighted by Crippen LogP contribution is -2.03. The molecule has 3 aromatic carbocycles. The van der Waals surface area contributed by atoms with Gasteiger partial charge in [-0.05, 0) is 22.9 Å². The first kappa shape index (κ1) is 15.8. The van der Waals surface area contributed by atoms with E-state index in [0.29, 0.717) is 10.6 Å². The van der Waals surface area contributed by atoms with Crippen LogP contribution in [0.3, 0.4) is 0 Å². The van der Waals surface area contributed by atoms with E-state index >= 15 is 0 Å². The molecule has 0 aliphatic carbocycles. The molecule has 1 heterocycles. The van der Waals surface area contributed by atoms with Crippen LogP contribution in [-0.2, 0) is 6.18 Å². The largest absolute Gasteiger partial charge is 0.416 e. The molecule has 0 spiro atoms. The van der Waals surface area contributed by atoms with Gasteiger partial charge < -0.3 is 0 Å². The summed E-state index contributed by atoms with van der Waals surface area (Å²) in [6.45, 7) is 0. The molecule has 0 unspecified atom stereocenters. The normalized spacial score (nSPS) is 11.8. The quantitative estimate of drug-likeness (QED) is 0.437. The summed E-state index contributed by atoms with van der Waals surface area (Å²) in [7, 11) is 0. The average molecular weight is 356 g/mol. The molecule has 2 nitrogen and oxygen atoms in total. The van der Waals surface area contributed by atoms with Crippen molar-refractivity contribution >= 4 is 22.1 Å². The van der Waals surface area contributed by atoms with Gasteiger partial charge in [0.05, 0.1) is 5.56 Å². The van der Waals surface area contributed by atoms with Gasteiger partial charge in [-0.15, -0.1) is 10.2 Å². The maximum absolute atomic E-state index is 12.7. The van der Waals surface area contributed by atoms with Crippen LogP contribution in [0.2, 0.25) is 0 Å². The summed E-state index contributed by atoms with van der Waals surface area (Å²) >= 11 is 1.36. The third-order valence-corrected chi connectivity index (χ3v) is 4.91. The molecular formula is C19H11F3N2S. The number of hydrogen-bond donors (Lipinski definition) is 0. The van der Waals surface area contributed by atoms with E-state index in [9.17, 15) is 13.2 Å². The number of fused-ring (bicyclic) bond motifs is 1. The molecule has 1 aromatic heterocycles. The lowest BCUT2D eigenvalue weighted by atomic mass is 10.1. The number of rotatable bonds is 2. The van der Waals surface area contributed by atoms with Gasteiger partial charge in [0.2, 0.25) is 0 Å². The van der Waals surface area contributed by atoms with Gasteiger partial charge in [0.15, 0.2) is 0 Å². The van der Waals surface area contributed by atoms with Gasteiger partial charge in [0.25, 0.3) is 0 Å². The molecule has 0 bridgehead atoms. The minimum absolute atomic E-state index is 0.594. The molecule has 0 saturated carbocycles. The zero-order valence-electron chi connectivity index (χ0n) is 12.8. The summed E-state index contributed by atoms with van der Waals surface area (Å²) < 4.78 is 38.0. The molecule has 25 heavy (non-hydrogen) atoms. The zero-order valence-corrected chi connectivity index (χ0v) is 13.6. The highest BCUT2D eigenvalue weighted by Gasteiger charge is 2.30. The Labute approximate surface area is 145 Å². The predicted octanol–water partition coefficient (Wildman–Crippen LogP) is 6.04. The Bertz CT molecular complexity index is 1030. The fraction of sp³-hybridized carbons (Fsp3) is 0.0526. The van der Waals surface area contributed by atoms with Crippen LogP contribution in [-0.4, -0.2) is 10.2 Å². The van der Waals surface area contributed by atoms with E-state index in [1.54, 1.807) is 0 Å². The van der Waals surface area contributed by atoms with E-state index in [1.807, 2.05) is 42.5 Å². The molecule has 4 rings (SSSR count). The summed E-state index contributed by atoms with van der Waals surface area (Å²) in [5.41, 5.74) is 0.917. The average Bonchev–Trinajstić information content (AvgIpc) is 3.10. The molecule has 0 aliphatic rings. The molecule has 0 atom stereocenters. The highest BCUT2D eigenvalue weighted by atomic mass is 32.1. The van der Waals surface area contributed by atoms with Crippen LogP contribution in [0.5, 0.6) is 0 Å². The summed E-state index contributed by atoms with van der Waals surface area (Å²) in [5, 5.41) is 11.9. The fourth-order valence-corrected chi connectivity index (χ4v) is 3.55. The molecule has 4 aromatic rings. The first-order chi connectivity index (χ1) is 12.0. The first-order valence-electron chi connectivity index (χ1n) is 7.52. The second-order valence-corrected chi connectivity index (χ2v) is 6.49. The maximum Gasteiger partial charge on any atom is 0.416 e. The van der Waals surface area contributed by atoms with Crippen LogP contribution in [0, 0.1) is 0 Å². The maximum atomic E-state index is 12.7. The zero-order chi connectivity index (χ0) is 17.4. The summed E-state index contributed by atoms with van der Waals surface area (Å²) in [6, 6.07) is 18.9. The van der Waals surface area contributed by atoms with E-state index < -0.39 is 11.7 Å². The van der Waals surface area contributed by atoms with Crippen LogP contribution in [0.1, 0.15) is 5.56 Å². The third kappa shape index (κ3) is 3.00. The number of halogens is 3. The Hall–Kier alpha value is -2.73. The van der Waals surface area contributed by atoms with Crippen molar-refractivity contribution in [2.24, 2.45) is 0 Å². The fourth-order valence-electron chi connectivity index (χ4n) is 2.66. The Morgan fingerprint density at radius 1 is 0.720 bits per heavy atom. The van der Waals surface area contributed by atoms with Crippen LogP contribution in [0.15, 0.2) is 66.7 Å². The van der Waals surface area contributed by atoms with E-state index in [4.69, 9.17) is 0 Å². The van der Waals surface area contributed by atoms with Crippen molar-refractivity contribution in [1.82, 2.24) is 10.2 Å². The van der Waals surface area contributed by atoms with Gasteiger partial charge in [-0.3, -0.25) is 0 Å². The third-order valence-electron chi connectivity index (χ3n) is 3.90. The molecule has 0 saturated heterocycles. The van der Waals surface area contributed by atoms with Crippen LogP contribution < -0.4 is 0 Å². The van der Waals surface area contributed by atoms with E-state index in [1.165, 1.54) is 23.5 Å². The predicted molar refractivity (Wildman–Crippen MR) is 93.3 cm³/mol. The second-order valence-electron chi connectivity index (χ2n) is 5.51. The molecule has 0 radical (unpaired) electrons. The lowest BCUT2D eigenvalue weighted by molar-refractivity contribution is -0.137. The smallest absolute Gasteiger partial charge is 0.166 e. The van der Waals surface area contributed by atoms with Gasteiger partial charge in [-0.1, -0.05) is 65.9 Å². The number of alkyl halides is 3. The van der Waals surface area contributed by atoms with Gasteiger partial charge in [-0.25, -0.2) is 0 Å². The number of nitrogens with zero attached hydrogens (tertiary/aromatic N) is 2. The SMILES string of the molecule is FC(F)(F)c1ccc(-c2nnc(-c3cccc4ccccc34)s2)cc1. The van der Waals surface area contributed by atoms with Crippen molar-refractivity contribution in [3.05, 3.63) is 72.3 Å². The number of aromatic nitrogens is 2. The Kier molecular flexibility index (Phi) is 3.77. The molecule has 0 fully saturated rings. The minimum atomic E-state index is -4.34. The van der Waals surface area contributed by atoms with Crippen molar-refractivity contribution in [2.45, 2.75) is 6.18 Å². The molecule has 0 amide bonds. The Balaban J connectivity index is 1.73. The van der Waals surface area contributed by atoms with Crippen molar-refractivity contribution < 1.29 is 13.2 Å². The summed E-state index contributed by atoms with van der Waals surface area (Å²) in [5.74, 6) is 0. The Morgan fingerprint density at radius 3 is 2.16 bits per heavy atom. The standard InChI is InChI=1S/C19H11F3N2S/c20-19(21,22)14-10-8-13(9-11-14)17-23-24-18(25-17)16-7-3-5-12-4-1-2-6-15(12)16/h1-11H. The highest BCUT2D eigenvalue weighted by Crippen LogP contribution is 2.35. The minimum Gasteiger partial charge on any atom is -0.166 e. The highest BCUT2D eigenvalue weighted by molar-refractivity contribution is 7.18. The van der Waals surface area contributed by atoms with Gasteiger partial charge in [-0.2, -0.15) is 13.2 Å². The number of hydrogen-bond acceptors (Lipinski definition) is 3. The topological polar surface area (TPSA) is 25.8 Å². The van der Waals surface area contributed by atoms with Crippen molar-refractivity contribution in [3.8, 4) is 21.1 Å². The monoisotopic (exact) mass is 356 g/mol. The molecule has 0 aliphatic heterocycles. The summed E-state index contributed by atoms with van der Waals surface area (Å²) in [6.07, 6.45) is -4.34. The van der Waals surface area contributed by atoms with Crippen molar-refractivity contribution in [2.75, 3.05) is 0 Å². The molecule has 124 valence electrons. The Morgan fingerprint density at radius 2 is 1.40 bits per heavy atom. The van der Waals surface area contributed by atoms with Gasteiger partial charge in [0.1, 0.15) is 10.0 Å². The van der Waals surface area contributed by atoms with Crippen LogP contribution in [0.4, 0.5) is 13.2 Å². The van der Waals surface area contributed by atoms with Gasteiger partial charge in [0, 0.05) is 11.1 Å². The van der Waals surface area contributed by atoms with E-state index in [-0.39, 0.29) is 0 Å². The van der Waals surface area contributed by atoms with Crippen molar-refractivity contribution in [3.63, 3.8) is 0 Å². The van der Waals surface area contributed by atoms with E-state index in [2.05, 4.69) is 10.2 Å². The molecule has 6 heteroatoms. The second kappa shape index (κ2) is 5.97. The van der Waals surface area contributed by atoms with Crippen LogP contribution in [0.25, 0.3) is 31.9 Å². The molecule has 0 N–H and O–H groups in total. The lowest BCUT2D eigenvalue weighted by Gasteiger charge is -2.06. The first-order valence-corrected chi connectivity index (χ1v) is 8.33. The summed E-state index contributed by atoms with van der Waals surface area (Å²) in [4.78, 5) is 0. The van der Waals surface area contributed by atoms with Crippen molar-refractivity contribution in [1.29, 1.82) is 0 Å².